The second-order valence-electron chi connectivity index (χ2n) is 4.39. The summed E-state index contributed by atoms with van der Waals surface area (Å²) in [4.78, 5) is 1.23. The average Bonchev–Trinajstić information content (AvgIpc) is 2.83. The van der Waals surface area contributed by atoms with Gasteiger partial charge < -0.3 is 9.73 Å². The van der Waals surface area contributed by atoms with Crippen molar-refractivity contribution in [3.05, 3.63) is 44.0 Å². The highest BCUT2D eigenvalue weighted by Crippen LogP contribution is 2.35. The van der Waals surface area contributed by atoms with Crippen molar-refractivity contribution in [2.24, 2.45) is 0 Å². The zero-order valence-corrected chi connectivity index (χ0v) is 12.7. The third-order valence-electron chi connectivity index (χ3n) is 3.19. The molecule has 98 valence electrons. The molecule has 0 saturated carbocycles. The molecule has 0 saturated heterocycles. The number of thiophene rings is 1. The third kappa shape index (κ3) is 2.48. The lowest BCUT2D eigenvalue weighted by atomic mass is 10.0. The maximum atomic E-state index is 6.04. The molecular formula is C14H18ClNOS. The van der Waals surface area contributed by atoms with Gasteiger partial charge in [-0.1, -0.05) is 18.5 Å². The van der Waals surface area contributed by atoms with Gasteiger partial charge in [-0.15, -0.1) is 11.3 Å². The van der Waals surface area contributed by atoms with Gasteiger partial charge in [0.25, 0.3) is 0 Å². The van der Waals surface area contributed by atoms with Crippen LogP contribution in [0.1, 0.15) is 40.5 Å². The molecule has 0 spiro atoms. The Hall–Kier alpha value is -0.770. The van der Waals surface area contributed by atoms with Gasteiger partial charge in [0.05, 0.1) is 10.4 Å². The molecule has 0 aromatic carbocycles. The molecule has 1 atom stereocenters. The van der Waals surface area contributed by atoms with E-state index in [0.29, 0.717) is 0 Å². The van der Waals surface area contributed by atoms with Crippen molar-refractivity contribution in [1.29, 1.82) is 0 Å². The summed E-state index contributed by atoms with van der Waals surface area (Å²) in [6.45, 7) is 9.16. The average molecular weight is 284 g/mol. The first-order chi connectivity index (χ1) is 8.54. The summed E-state index contributed by atoms with van der Waals surface area (Å²) in [5.41, 5.74) is 2.47. The fourth-order valence-corrected chi connectivity index (χ4v) is 3.41. The Kier molecular flexibility index (Phi) is 4.15. The molecule has 18 heavy (non-hydrogen) atoms. The quantitative estimate of drug-likeness (QED) is 0.886. The summed E-state index contributed by atoms with van der Waals surface area (Å²) in [6, 6.07) is 4.20. The Morgan fingerprint density at radius 3 is 2.44 bits per heavy atom. The molecule has 1 N–H and O–H groups in total. The lowest BCUT2D eigenvalue weighted by Gasteiger charge is -2.17. The number of nitrogens with one attached hydrogen (secondary N) is 1. The molecule has 0 aliphatic heterocycles. The number of aryl methyl sites for hydroxylation is 2. The number of hydrogen-bond acceptors (Lipinski definition) is 3. The van der Waals surface area contributed by atoms with Crippen LogP contribution in [0.25, 0.3) is 0 Å². The second kappa shape index (κ2) is 5.47. The largest absolute Gasteiger partial charge is 0.466 e. The maximum absolute atomic E-state index is 6.04. The van der Waals surface area contributed by atoms with Crippen LogP contribution in [0.15, 0.2) is 16.5 Å². The van der Waals surface area contributed by atoms with Crippen molar-refractivity contribution in [2.45, 2.75) is 33.7 Å². The Balaban J connectivity index is 2.47. The van der Waals surface area contributed by atoms with Gasteiger partial charge in [0.2, 0.25) is 0 Å². The Morgan fingerprint density at radius 1 is 1.28 bits per heavy atom. The van der Waals surface area contributed by atoms with Crippen LogP contribution in [-0.2, 0) is 0 Å². The lowest BCUT2D eigenvalue weighted by molar-refractivity contribution is 0.494. The molecule has 2 aromatic heterocycles. The van der Waals surface area contributed by atoms with Crippen LogP contribution in [0.5, 0.6) is 0 Å². The molecule has 0 aliphatic carbocycles. The van der Waals surface area contributed by atoms with Gasteiger partial charge in [-0.3, -0.25) is 0 Å². The first-order valence-electron chi connectivity index (χ1n) is 6.09. The summed E-state index contributed by atoms with van der Waals surface area (Å²) < 4.78 is 6.56. The van der Waals surface area contributed by atoms with E-state index in [0.717, 1.165) is 22.4 Å². The van der Waals surface area contributed by atoms with Crippen LogP contribution in [-0.4, -0.2) is 6.54 Å². The van der Waals surface area contributed by atoms with E-state index in [1.54, 1.807) is 11.3 Å². The molecule has 2 heterocycles. The first kappa shape index (κ1) is 13.7. The van der Waals surface area contributed by atoms with Gasteiger partial charge in [0, 0.05) is 10.4 Å². The predicted molar refractivity (Wildman–Crippen MR) is 77.8 cm³/mol. The topological polar surface area (TPSA) is 25.2 Å². The second-order valence-corrected chi connectivity index (χ2v) is 6.13. The minimum absolute atomic E-state index is 0.171. The van der Waals surface area contributed by atoms with Gasteiger partial charge >= 0.3 is 0 Å². The number of furan rings is 1. The Morgan fingerprint density at radius 2 is 2.00 bits per heavy atom. The van der Waals surface area contributed by atoms with Crippen LogP contribution < -0.4 is 5.32 Å². The highest BCUT2D eigenvalue weighted by atomic mass is 35.5. The van der Waals surface area contributed by atoms with Crippen molar-refractivity contribution in [2.75, 3.05) is 6.54 Å². The number of rotatable bonds is 4. The van der Waals surface area contributed by atoms with E-state index in [1.165, 1.54) is 16.0 Å². The summed E-state index contributed by atoms with van der Waals surface area (Å²) >= 11 is 7.66. The zero-order chi connectivity index (χ0) is 13.3. The van der Waals surface area contributed by atoms with Gasteiger partial charge in [-0.25, -0.2) is 0 Å². The summed E-state index contributed by atoms with van der Waals surface area (Å²) in [5.74, 6) is 1.98. The monoisotopic (exact) mass is 283 g/mol. The highest BCUT2D eigenvalue weighted by molar-refractivity contribution is 7.16. The zero-order valence-electron chi connectivity index (χ0n) is 11.1. The highest BCUT2D eigenvalue weighted by Gasteiger charge is 2.23. The number of hydrogen-bond donors (Lipinski definition) is 1. The van der Waals surface area contributed by atoms with Crippen LogP contribution in [0, 0.1) is 20.8 Å². The smallest absolute Gasteiger partial charge is 0.106 e. The molecule has 2 nitrogen and oxygen atoms in total. The lowest BCUT2D eigenvalue weighted by Crippen LogP contribution is -2.22. The van der Waals surface area contributed by atoms with Crippen molar-refractivity contribution in [3.63, 3.8) is 0 Å². The van der Waals surface area contributed by atoms with Gasteiger partial charge in [-0.2, -0.15) is 0 Å². The molecule has 1 unspecified atom stereocenters. The van der Waals surface area contributed by atoms with E-state index in [9.17, 15) is 0 Å². The van der Waals surface area contributed by atoms with Crippen molar-refractivity contribution < 1.29 is 4.42 Å². The standard InChI is InChI=1S/C14H18ClNOS/c1-5-16-14(11-6-7-12(15)18-11)13-8(2)9(3)17-10(13)4/h6-7,14,16H,5H2,1-4H3. The predicted octanol–water partition coefficient (Wildman–Crippen LogP) is 4.62. The fraction of sp³-hybridized carbons (Fsp3) is 0.429. The molecule has 0 radical (unpaired) electrons. The third-order valence-corrected chi connectivity index (χ3v) is 4.49. The maximum Gasteiger partial charge on any atom is 0.106 e. The molecule has 0 amide bonds. The summed E-state index contributed by atoms with van der Waals surface area (Å²) in [5, 5.41) is 3.52. The van der Waals surface area contributed by atoms with Crippen LogP contribution in [0.3, 0.4) is 0 Å². The molecule has 0 fully saturated rings. The van der Waals surface area contributed by atoms with Gasteiger partial charge in [0.15, 0.2) is 0 Å². The Bertz CT molecular complexity index is 544. The van der Waals surface area contributed by atoms with E-state index in [1.807, 2.05) is 19.9 Å². The van der Waals surface area contributed by atoms with Crippen molar-refractivity contribution in [1.82, 2.24) is 5.32 Å². The van der Waals surface area contributed by atoms with E-state index in [2.05, 4.69) is 25.2 Å². The minimum Gasteiger partial charge on any atom is -0.466 e. The van der Waals surface area contributed by atoms with E-state index in [-0.39, 0.29) is 6.04 Å². The van der Waals surface area contributed by atoms with Crippen LogP contribution >= 0.6 is 22.9 Å². The molecule has 2 aromatic rings. The van der Waals surface area contributed by atoms with Gasteiger partial charge in [0.1, 0.15) is 11.5 Å². The van der Waals surface area contributed by atoms with Crippen LogP contribution in [0.4, 0.5) is 0 Å². The minimum atomic E-state index is 0.171. The Labute approximate surface area is 117 Å². The summed E-state index contributed by atoms with van der Waals surface area (Å²) in [7, 11) is 0. The van der Waals surface area contributed by atoms with Crippen molar-refractivity contribution >= 4 is 22.9 Å². The SMILES string of the molecule is CCNC(c1ccc(Cl)s1)c1c(C)oc(C)c1C. The van der Waals surface area contributed by atoms with E-state index in [4.69, 9.17) is 16.0 Å². The number of halogens is 1. The molecular weight excluding hydrogens is 266 g/mol. The molecule has 0 aliphatic rings. The van der Waals surface area contributed by atoms with Gasteiger partial charge in [-0.05, 0) is 45.0 Å². The molecule has 0 bridgehead atoms. The normalized spacial score (nSPS) is 12.9. The van der Waals surface area contributed by atoms with Crippen molar-refractivity contribution in [3.8, 4) is 0 Å². The summed E-state index contributed by atoms with van der Waals surface area (Å²) in [6.07, 6.45) is 0. The molecule has 4 heteroatoms. The van der Waals surface area contributed by atoms with E-state index < -0.39 is 0 Å². The fourth-order valence-electron chi connectivity index (χ4n) is 2.27. The van der Waals surface area contributed by atoms with E-state index >= 15 is 0 Å². The molecule has 2 rings (SSSR count). The first-order valence-corrected chi connectivity index (χ1v) is 7.29. The van der Waals surface area contributed by atoms with Crippen LogP contribution in [0.2, 0.25) is 4.34 Å².